The van der Waals surface area contributed by atoms with Gasteiger partial charge >= 0.3 is 0 Å². The van der Waals surface area contributed by atoms with Gasteiger partial charge in [0.2, 0.25) is 0 Å². The Labute approximate surface area is 172 Å². The van der Waals surface area contributed by atoms with Gasteiger partial charge in [-0.25, -0.2) is 4.98 Å². The Hall–Kier alpha value is -3.13. The minimum Gasteiger partial charge on any atom is -0.496 e. The van der Waals surface area contributed by atoms with Crippen molar-refractivity contribution in [2.75, 3.05) is 7.11 Å². The van der Waals surface area contributed by atoms with Crippen molar-refractivity contribution >= 4 is 22.7 Å². The first-order valence-electron chi connectivity index (χ1n) is 9.30. The molecule has 1 N–H and O–H groups in total. The summed E-state index contributed by atoms with van der Waals surface area (Å²) in [5.41, 5.74) is 2.48. The van der Waals surface area contributed by atoms with Crippen LogP contribution in [0.4, 0.5) is 0 Å². The molecule has 0 bridgehead atoms. The number of fused-ring (bicyclic) bond motifs is 1. The van der Waals surface area contributed by atoms with Crippen LogP contribution in [0.1, 0.15) is 18.3 Å². The fourth-order valence-corrected chi connectivity index (χ4v) is 4.13. The number of nitrogens with one attached hydrogen (secondary N) is 1. The summed E-state index contributed by atoms with van der Waals surface area (Å²) in [5.74, 6) is 2.61. The van der Waals surface area contributed by atoms with Gasteiger partial charge in [-0.15, -0.1) is 10.2 Å². The van der Waals surface area contributed by atoms with Crippen LogP contribution in [0.25, 0.3) is 22.3 Å². The first kappa shape index (κ1) is 19.2. The van der Waals surface area contributed by atoms with Gasteiger partial charge in [0.1, 0.15) is 11.6 Å². The molecule has 0 saturated carbocycles. The standard InChI is InChI=1S/C21H21N5O2S/c1-4-26-19(14-9-5-6-11-16(14)28-3)24-25-21(26)29-12-17-22-18-13(2)8-7-10-15(18)20(27)23-17/h5-11H,4,12H2,1-3H3,(H,22,23,27). The number of hydrogen-bond acceptors (Lipinski definition) is 6. The second-order valence-electron chi connectivity index (χ2n) is 6.52. The first-order chi connectivity index (χ1) is 14.1. The van der Waals surface area contributed by atoms with Crippen LogP contribution in [0, 0.1) is 6.92 Å². The number of aryl methyl sites for hydroxylation is 1. The third-order valence-electron chi connectivity index (χ3n) is 4.71. The van der Waals surface area contributed by atoms with Crippen LogP contribution in [0.2, 0.25) is 0 Å². The van der Waals surface area contributed by atoms with E-state index in [2.05, 4.69) is 20.2 Å². The molecular weight excluding hydrogens is 386 g/mol. The minimum atomic E-state index is -0.124. The normalized spacial score (nSPS) is 11.1. The van der Waals surface area contributed by atoms with Gasteiger partial charge in [-0.1, -0.05) is 36.0 Å². The van der Waals surface area contributed by atoms with Gasteiger partial charge in [0.25, 0.3) is 5.56 Å². The molecule has 0 aliphatic carbocycles. The Kier molecular flexibility index (Phi) is 5.35. The van der Waals surface area contributed by atoms with E-state index in [1.165, 1.54) is 11.8 Å². The summed E-state index contributed by atoms with van der Waals surface area (Å²) < 4.78 is 7.50. The number of methoxy groups -OCH3 is 1. The number of para-hydroxylation sites is 2. The van der Waals surface area contributed by atoms with Crippen molar-refractivity contribution in [3.8, 4) is 17.1 Å². The number of H-pyrrole nitrogens is 1. The van der Waals surface area contributed by atoms with E-state index < -0.39 is 0 Å². The molecule has 2 heterocycles. The Morgan fingerprint density at radius 3 is 2.76 bits per heavy atom. The van der Waals surface area contributed by atoms with E-state index in [1.54, 1.807) is 13.2 Å². The van der Waals surface area contributed by atoms with Crippen LogP contribution in [-0.4, -0.2) is 31.8 Å². The molecule has 2 aromatic heterocycles. The Morgan fingerprint density at radius 2 is 1.97 bits per heavy atom. The van der Waals surface area contributed by atoms with Crippen LogP contribution in [0.3, 0.4) is 0 Å². The second-order valence-corrected chi connectivity index (χ2v) is 7.47. The molecule has 0 atom stereocenters. The van der Waals surface area contributed by atoms with Crippen LogP contribution in [0.15, 0.2) is 52.4 Å². The van der Waals surface area contributed by atoms with Gasteiger partial charge in [0.15, 0.2) is 11.0 Å². The molecule has 148 valence electrons. The maximum absolute atomic E-state index is 12.4. The minimum absolute atomic E-state index is 0.124. The molecule has 0 amide bonds. The number of thioether (sulfide) groups is 1. The van der Waals surface area contributed by atoms with Crippen LogP contribution in [-0.2, 0) is 12.3 Å². The second kappa shape index (κ2) is 8.08. The van der Waals surface area contributed by atoms with E-state index >= 15 is 0 Å². The molecule has 7 nitrogen and oxygen atoms in total. The lowest BCUT2D eigenvalue weighted by Gasteiger charge is -2.10. The third-order valence-corrected chi connectivity index (χ3v) is 5.68. The third kappa shape index (κ3) is 3.63. The zero-order valence-corrected chi connectivity index (χ0v) is 17.3. The lowest BCUT2D eigenvalue weighted by Crippen LogP contribution is -2.12. The van der Waals surface area contributed by atoms with Gasteiger partial charge in [0.05, 0.1) is 29.3 Å². The summed E-state index contributed by atoms with van der Waals surface area (Å²) >= 11 is 1.49. The van der Waals surface area contributed by atoms with Crippen molar-refractivity contribution in [1.82, 2.24) is 24.7 Å². The van der Waals surface area contributed by atoms with E-state index in [9.17, 15) is 4.79 Å². The number of nitrogens with zero attached hydrogens (tertiary/aromatic N) is 4. The van der Waals surface area contributed by atoms with E-state index in [-0.39, 0.29) is 5.56 Å². The molecule has 0 aliphatic rings. The molecule has 0 spiro atoms. The summed E-state index contributed by atoms with van der Waals surface area (Å²) in [5, 5.41) is 10.1. The van der Waals surface area contributed by atoms with Crippen LogP contribution < -0.4 is 10.3 Å². The SMILES string of the molecule is CCn1c(SCc2nc3c(C)cccc3c(=O)[nH]2)nnc1-c1ccccc1OC. The van der Waals surface area contributed by atoms with Crippen molar-refractivity contribution in [2.24, 2.45) is 0 Å². The summed E-state index contributed by atoms with van der Waals surface area (Å²) in [6.07, 6.45) is 0. The number of benzene rings is 2. The van der Waals surface area contributed by atoms with E-state index in [1.807, 2.05) is 54.8 Å². The zero-order valence-electron chi connectivity index (χ0n) is 16.5. The number of rotatable bonds is 6. The molecule has 0 unspecified atom stereocenters. The summed E-state index contributed by atoms with van der Waals surface area (Å²) in [4.78, 5) is 19.9. The number of hydrogen-bond donors (Lipinski definition) is 1. The average Bonchev–Trinajstić information content (AvgIpc) is 3.15. The fraction of sp³-hybridized carbons (Fsp3) is 0.238. The van der Waals surface area contributed by atoms with Crippen LogP contribution in [0.5, 0.6) is 5.75 Å². The average molecular weight is 407 g/mol. The lowest BCUT2D eigenvalue weighted by molar-refractivity contribution is 0.416. The molecule has 2 aromatic carbocycles. The van der Waals surface area contributed by atoms with E-state index in [0.717, 1.165) is 33.4 Å². The van der Waals surface area contributed by atoms with Crippen molar-refractivity contribution in [3.63, 3.8) is 0 Å². The molecule has 29 heavy (non-hydrogen) atoms. The maximum Gasteiger partial charge on any atom is 0.258 e. The van der Waals surface area contributed by atoms with Crippen molar-refractivity contribution in [2.45, 2.75) is 31.3 Å². The molecule has 4 rings (SSSR count). The number of ether oxygens (including phenoxy) is 1. The largest absolute Gasteiger partial charge is 0.496 e. The van der Waals surface area contributed by atoms with Crippen molar-refractivity contribution in [3.05, 3.63) is 64.2 Å². The molecule has 4 aromatic rings. The highest BCUT2D eigenvalue weighted by Gasteiger charge is 2.17. The first-order valence-corrected chi connectivity index (χ1v) is 10.3. The summed E-state index contributed by atoms with van der Waals surface area (Å²) in [6.45, 7) is 4.72. The van der Waals surface area contributed by atoms with Gasteiger partial charge in [0, 0.05) is 6.54 Å². The van der Waals surface area contributed by atoms with Crippen molar-refractivity contribution < 1.29 is 4.74 Å². The molecule has 0 aliphatic heterocycles. The van der Waals surface area contributed by atoms with E-state index in [4.69, 9.17) is 4.74 Å². The quantitative estimate of drug-likeness (QED) is 0.489. The summed E-state index contributed by atoms with van der Waals surface area (Å²) in [6, 6.07) is 13.4. The fourth-order valence-electron chi connectivity index (χ4n) is 3.26. The van der Waals surface area contributed by atoms with Gasteiger partial charge < -0.3 is 14.3 Å². The van der Waals surface area contributed by atoms with Crippen molar-refractivity contribution in [1.29, 1.82) is 0 Å². The monoisotopic (exact) mass is 407 g/mol. The van der Waals surface area contributed by atoms with Gasteiger partial charge in [-0.3, -0.25) is 4.79 Å². The van der Waals surface area contributed by atoms with E-state index in [0.29, 0.717) is 23.5 Å². The molecule has 0 fully saturated rings. The highest BCUT2D eigenvalue weighted by Crippen LogP contribution is 2.31. The van der Waals surface area contributed by atoms with Gasteiger partial charge in [-0.05, 0) is 37.6 Å². The topological polar surface area (TPSA) is 85.7 Å². The highest BCUT2D eigenvalue weighted by atomic mass is 32.2. The Balaban J connectivity index is 1.65. The predicted octanol–water partition coefficient (Wildman–Crippen LogP) is 3.81. The molecule has 0 saturated heterocycles. The van der Waals surface area contributed by atoms with Gasteiger partial charge in [-0.2, -0.15) is 0 Å². The summed E-state index contributed by atoms with van der Waals surface area (Å²) in [7, 11) is 1.64. The number of aromatic nitrogens is 5. The number of aromatic amines is 1. The Bertz CT molecular complexity index is 1230. The van der Waals surface area contributed by atoms with Crippen LogP contribution >= 0.6 is 11.8 Å². The highest BCUT2D eigenvalue weighted by molar-refractivity contribution is 7.98. The maximum atomic E-state index is 12.4. The molecular formula is C21H21N5O2S. The zero-order chi connectivity index (χ0) is 20.4. The smallest absolute Gasteiger partial charge is 0.258 e. The molecule has 8 heteroatoms. The lowest BCUT2D eigenvalue weighted by atomic mass is 10.1. The predicted molar refractivity (Wildman–Crippen MR) is 114 cm³/mol. The molecule has 0 radical (unpaired) electrons. The Morgan fingerprint density at radius 1 is 1.14 bits per heavy atom.